The zero-order chi connectivity index (χ0) is 22.6. The number of anilines is 1. The molecule has 31 heavy (non-hydrogen) atoms. The number of nitrogens with two attached hydrogens (primary N) is 1. The lowest BCUT2D eigenvalue weighted by Crippen LogP contribution is -2.36. The van der Waals surface area contributed by atoms with E-state index in [2.05, 4.69) is 20.9 Å². The first-order valence-electron chi connectivity index (χ1n) is 9.73. The number of pyridine rings is 1. The van der Waals surface area contributed by atoms with Gasteiger partial charge in [-0.15, -0.1) is 0 Å². The minimum atomic E-state index is -0.632. The first-order chi connectivity index (χ1) is 14.9. The van der Waals surface area contributed by atoms with E-state index in [9.17, 15) is 14.4 Å². The van der Waals surface area contributed by atoms with Gasteiger partial charge >= 0.3 is 12.0 Å². The molecule has 2 rings (SSSR count). The number of ether oxygens (including phenoxy) is 1. The average molecular weight is 426 g/mol. The van der Waals surface area contributed by atoms with Crippen LogP contribution in [-0.4, -0.2) is 41.9 Å². The summed E-state index contributed by atoms with van der Waals surface area (Å²) in [5.74, 6) is -0.786. The molecule has 0 aliphatic rings. The fourth-order valence-corrected chi connectivity index (χ4v) is 2.69. The third-order valence-electron chi connectivity index (χ3n) is 4.19. The van der Waals surface area contributed by atoms with Crippen LogP contribution in [-0.2, 0) is 14.3 Å². The molecule has 0 unspecified atom stereocenters. The van der Waals surface area contributed by atoms with Crippen molar-refractivity contribution in [3.05, 3.63) is 59.9 Å². The zero-order valence-electron chi connectivity index (χ0n) is 17.2. The Kier molecular flexibility index (Phi) is 8.96. The minimum absolute atomic E-state index is 0.0365. The van der Waals surface area contributed by atoms with Crippen molar-refractivity contribution in [3.63, 3.8) is 0 Å². The summed E-state index contributed by atoms with van der Waals surface area (Å²) in [5.41, 5.74) is 7.13. The molecule has 1 aromatic heterocycles. The number of carbonyl (C=O) groups excluding carboxylic acids is 3. The fraction of sp³-hybridized carbons (Fsp3) is 0.286. The molecule has 2 aromatic rings. The highest BCUT2D eigenvalue weighted by Gasteiger charge is 2.19. The van der Waals surface area contributed by atoms with E-state index in [4.69, 9.17) is 15.9 Å². The number of carbonyl (C=O) groups is 3. The van der Waals surface area contributed by atoms with Crippen molar-refractivity contribution in [1.29, 1.82) is 5.41 Å². The molecule has 0 saturated heterocycles. The Bertz CT molecular complexity index is 902. The second kappa shape index (κ2) is 11.9. The zero-order valence-corrected chi connectivity index (χ0v) is 17.2. The van der Waals surface area contributed by atoms with Crippen LogP contribution in [0.3, 0.4) is 0 Å². The number of aromatic nitrogens is 1. The molecule has 0 bridgehead atoms. The molecule has 0 aliphatic carbocycles. The lowest BCUT2D eigenvalue weighted by atomic mass is 10.1. The summed E-state index contributed by atoms with van der Waals surface area (Å²) >= 11 is 0. The molecule has 6 N–H and O–H groups in total. The van der Waals surface area contributed by atoms with Crippen molar-refractivity contribution in [3.8, 4) is 0 Å². The van der Waals surface area contributed by atoms with Crippen LogP contribution in [0.4, 0.5) is 10.5 Å². The van der Waals surface area contributed by atoms with E-state index in [1.165, 1.54) is 0 Å². The Morgan fingerprint density at radius 1 is 1.19 bits per heavy atom. The van der Waals surface area contributed by atoms with Crippen molar-refractivity contribution in [2.45, 2.75) is 25.8 Å². The molecule has 3 amide bonds. The number of urea groups is 1. The summed E-state index contributed by atoms with van der Waals surface area (Å²) < 4.78 is 4.82. The van der Waals surface area contributed by atoms with Crippen LogP contribution >= 0.6 is 0 Å². The molecular weight excluding hydrogens is 400 g/mol. The molecule has 1 atom stereocenters. The number of nitrogen functional groups attached to an aromatic ring is 1. The molecule has 0 spiro atoms. The molecule has 10 nitrogen and oxygen atoms in total. The number of nitrogens with one attached hydrogen (secondary N) is 4. The summed E-state index contributed by atoms with van der Waals surface area (Å²) in [6, 6.07) is 8.80. The Morgan fingerprint density at radius 2 is 1.94 bits per heavy atom. The minimum Gasteiger partial charge on any atom is -0.466 e. The monoisotopic (exact) mass is 426 g/mol. The largest absolute Gasteiger partial charge is 0.466 e. The Morgan fingerprint density at radius 3 is 2.55 bits per heavy atom. The van der Waals surface area contributed by atoms with Crippen molar-refractivity contribution >= 4 is 29.4 Å². The van der Waals surface area contributed by atoms with E-state index in [0.29, 0.717) is 16.8 Å². The third-order valence-corrected chi connectivity index (χ3v) is 4.19. The molecule has 1 aromatic carbocycles. The van der Waals surface area contributed by atoms with Gasteiger partial charge in [0.1, 0.15) is 5.84 Å². The predicted octanol–water partition coefficient (Wildman–Crippen LogP) is 1.69. The number of hydrogen-bond donors (Lipinski definition) is 5. The number of benzene rings is 1. The molecule has 0 radical (unpaired) electrons. The maximum absolute atomic E-state index is 12.5. The van der Waals surface area contributed by atoms with Gasteiger partial charge < -0.3 is 26.4 Å². The van der Waals surface area contributed by atoms with Crippen LogP contribution in [0.25, 0.3) is 0 Å². The van der Waals surface area contributed by atoms with Crippen LogP contribution in [0.1, 0.15) is 36.9 Å². The summed E-state index contributed by atoms with van der Waals surface area (Å²) in [7, 11) is 0. The average Bonchev–Trinajstić information content (AvgIpc) is 2.74. The van der Waals surface area contributed by atoms with Crippen LogP contribution < -0.4 is 21.7 Å². The van der Waals surface area contributed by atoms with Gasteiger partial charge in [0.05, 0.1) is 25.5 Å². The van der Waals surface area contributed by atoms with Crippen LogP contribution in [0.2, 0.25) is 0 Å². The van der Waals surface area contributed by atoms with Gasteiger partial charge in [0, 0.05) is 30.2 Å². The summed E-state index contributed by atoms with van der Waals surface area (Å²) in [5, 5.41) is 15.5. The lowest BCUT2D eigenvalue weighted by Gasteiger charge is -2.19. The second-order valence-corrected chi connectivity index (χ2v) is 6.54. The van der Waals surface area contributed by atoms with Gasteiger partial charge in [-0.05, 0) is 42.8 Å². The summed E-state index contributed by atoms with van der Waals surface area (Å²) in [6.45, 7) is 2.14. The first-order valence-corrected chi connectivity index (χ1v) is 9.73. The molecule has 0 fully saturated rings. The number of amidine groups is 1. The summed E-state index contributed by atoms with van der Waals surface area (Å²) in [4.78, 5) is 40.2. The van der Waals surface area contributed by atoms with Crippen molar-refractivity contribution in [2.75, 3.05) is 18.5 Å². The van der Waals surface area contributed by atoms with E-state index < -0.39 is 12.1 Å². The standard InChI is InChI=1S/C21H26N6O4/c1-2-31-19(29)9-11-25-18(28)12-17(15-4-3-10-24-13-15)27-21(30)26-16-7-5-14(6-8-16)20(22)23/h3-8,10,13,17H,2,9,11-12H2,1H3,(H3,22,23)(H,25,28)(H2,26,27,30)/t17-/m0/s1. The molecule has 10 heteroatoms. The maximum atomic E-state index is 12.5. The molecule has 164 valence electrons. The van der Waals surface area contributed by atoms with Gasteiger partial charge in [0.25, 0.3) is 0 Å². The third kappa shape index (κ3) is 8.13. The number of hydrogen-bond acceptors (Lipinski definition) is 6. The van der Waals surface area contributed by atoms with Crippen LogP contribution in [0, 0.1) is 5.41 Å². The summed E-state index contributed by atoms with van der Waals surface area (Å²) in [6.07, 6.45) is 3.20. The van der Waals surface area contributed by atoms with Gasteiger partial charge in [-0.2, -0.15) is 0 Å². The number of amides is 3. The Balaban J connectivity index is 1.96. The second-order valence-electron chi connectivity index (χ2n) is 6.54. The van der Waals surface area contributed by atoms with E-state index >= 15 is 0 Å². The Hall–Kier alpha value is -3.95. The van der Waals surface area contributed by atoms with Gasteiger partial charge in [-0.1, -0.05) is 6.07 Å². The van der Waals surface area contributed by atoms with E-state index in [0.717, 1.165) is 0 Å². The predicted molar refractivity (Wildman–Crippen MR) is 115 cm³/mol. The van der Waals surface area contributed by atoms with E-state index in [-0.39, 0.29) is 43.7 Å². The number of nitrogens with zero attached hydrogens (tertiary/aromatic N) is 1. The Labute approximate surface area is 180 Å². The molecule has 0 aliphatic heterocycles. The maximum Gasteiger partial charge on any atom is 0.319 e. The molecular formula is C21H26N6O4. The number of esters is 1. The quantitative estimate of drug-likeness (QED) is 0.221. The fourth-order valence-electron chi connectivity index (χ4n) is 2.69. The van der Waals surface area contributed by atoms with Crippen molar-refractivity contribution in [2.24, 2.45) is 5.73 Å². The van der Waals surface area contributed by atoms with Gasteiger partial charge in [-0.3, -0.25) is 20.0 Å². The van der Waals surface area contributed by atoms with E-state index in [1.54, 1.807) is 55.7 Å². The van der Waals surface area contributed by atoms with Gasteiger partial charge in [-0.25, -0.2) is 4.79 Å². The molecule has 0 saturated carbocycles. The van der Waals surface area contributed by atoms with E-state index in [1.807, 2.05) is 0 Å². The van der Waals surface area contributed by atoms with Gasteiger partial charge in [0.15, 0.2) is 0 Å². The highest BCUT2D eigenvalue weighted by Crippen LogP contribution is 2.16. The highest BCUT2D eigenvalue weighted by molar-refractivity contribution is 5.96. The van der Waals surface area contributed by atoms with Crippen LogP contribution in [0.15, 0.2) is 48.8 Å². The first kappa shape index (κ1) is 23.3. The van der Waals surface area contributed by atoms with Gasteiger partial charge in [0.2, 0.25) is 5.91 Å². The topological polar surface area (TPSA) is 159 Å². The smallest absolute Gasteiger partial charge is 0.319 e. The van der Waals surface area contributed by atoms with Crippen molar-refractivity contribution in [1.82, 2.24) is 15.6 Å². The SMILES string of the molecule is CCOC(=O)CCNC(=O)C[C@H](NC(=O)Nc1ccc(C(=N)N)cc1)c1cccnc1. The van der Waals surface area contributed by atoms with Crippen LogP contribution in [0.5, 0.6) is 0 Å². The highest BCUT2D eigenvalue weighted by atomic mass is 16.5. The molecule has 1 heterocycles. The van der Waals surface area contributed by atoms with Crippen molar-refractivity contribution < 1.29 is 19.1 Å². The lowest BCUT2D eigenvalue weighted by molar-refractivity contribution is -0.143. The normalized spacial score (nSPS) is 11.1. The number of rotatable bonds is 10.